The second kappa shape index (κ2) is 7.40. The van der Waals surface area contributed by atoms with Crippen LogP contribution in [0.4, 0.5) is 20.7 Å². The molecule has 0 spiro atoms. The Morgan fingerprint density at radius 2 is 2.04 bits per heavy atom. The number of halogens is 1. The molecule has 3 rings (SSSR count). The van der Waals surface area contributed by atoms with Crippen molar-refractivity contribution >= 4 is 28.4 Å². The van der Waals surface area contributed by atoms with Crippen LogP contribution in [0.25, 0.3) is 10.9 Å². The Labute approximate surface area is 154 Å². The number of pyridine rings is 1. The lowest BCUT2D eigenvalue weighted by atomic mass is 10.2. The second-order valence-corrected chi connectivity index (χ2v) is 6.12. The van der Waals surface area contributed by atoms with Gasteiger partial charge >= 0.3 is 11.7 Å². The second-order valence-electron chi connectivity index (χ2n) is 6.12. The molecule has 27 heavy (non-hydrogen) atoms. The maximum absolute atomic E-state index is 13.3. The van der Waals surface area contributed by atoms with Crippen LogP contribution in [0, 0.1) is 15.9 Å². The quantitative estimate of drug-likeness (QED) is 0.508. The van der Waals surface area contributed by atoms with Crippen LogP contribution in [0.2, 0.25) is 0 Å². The molecule has 8 nitrogen and oxygen atoms in total. The Morgan fingerprint density at radius 1 is 1.26 bits per heavy atom. The van der Waals surface area contributed by atoms with Crippen molar-refractivity contribution in [1.29, 1.82) is 0 Å². The number of rotatable bonds is 5. The van der Waals surface area contributed by atoms with Gasteiger partial charge in [0.1, 0.15) is 5.82 Å². The van der Waals surface area contributed by atoms with Crippen molar-refractivity contribution < 1.29 is 14.1 Å². The monoisotopic (exact) mass is 371 g/mol. The van der Waals surface area contributed by atoms with Crippen molar-refractivity contribution in [3.8, 4) is 0 Å². The Hall–Kier alpha value is -3.49. The number of benzene rings is 1. The van der Waals surface area contributed by atoms with E-state index in [9.17, 15) is 19.3 Å². The number of likely N-dealkylation sites (N-methyl/N-ethyl adjacent to an activating group) is 2. The first-order chi connectivity index (χ1) is 12.9. The average molecular weight is 371 g/mol. The zero-order valence-corrected chi connectivity index (χ0v) is 14.9. The van der Waals surface area contributed by atoms with Crippen molar-refractivity contribution in [2.24, 2.45) is 0 Å². The number of amides is 1. The van der Waals surface area contributed by atoms with Gasteiger partial charge in [0.25, 0.3) is 0 Å². The van der Waals surface area contributed by atoms with Gasteiger partial charge in [0.2, 0.25) is 5.82 Å². The number of nitro groups is 1. The predicted molar refractivity (Wildman–Crippen MR) is 99.5 cm³/mol. The van der Waals surface area contributed by atoms with Gasteiger partial charge in [0, 0.05) is 51.0 Å². The van der Waals surface area contributed by atoms with Gasteiger partial charge in [-0.2, -0.15) is 0 Å². The number of hydrogen-bond acceptors (Lipinski definition) is 5. The molecule has 0 N–H and O–H groups in total. The standard InChI is InChI=1S/C18H18FN5O3/c1-21(17-16(24(26)27)4-3-8-20-17)10-11-22(2)18(25)23-9-7-13-12-14(19)5-6-15(13)23/h3-9,12H,10-11H2,1-2H3. The first-order valence-corrected chi connectivity index (χ1v) is 8.21. The van der Waals surface area contributed by atoms with E-state index in [0.29, 0.717) is 24.0 Å². The van der Waals surface area contributed by atoms with E-state index in [1.54, 1.807) is 37.3 Å². The molecule has 0 fully saturated rings. The molecule has 0 atom stereocenters. The Balaban J connectivity index is 1.71. The lowest BCUT2D eigenvalue weighted by molar-refractivity contribution is -0.384. The molecule has 9 heteroatoms. The Morgan fingerprint density at radius 3 is 2.78 bits per heavy atom. The number of anilines is 1. The lowest BCUT2D eigenvalue weighted by Crippen LogP contribution is -2.37. The fourth-order valence-corrected chi connectivity index (χ4v) is 2.79. The molecule has 3 aromatic rings. The zero-order chi connectivity index (χ0) is 19.6. The van der Waals surface area contributed by atoms with Crippen LogP contribution in [0.1, 0.15) is 0 Å². The molecule has 0 aliphatic heterocycles. The maximum Gasteiger partial charge on any atom is 0.328 e. The van der Waals surface area contributed by atoms with Crippen LogP contribution in [0.15, 0.2) is 48.8 Å². The van der Waals surface area contributed by atoms with E-state index in [2.05, 4.69) is 4.98 Å². The highest BCUT2D eigenvalue weighted by Gasteiger charge is 2.19. The summed E-state index contributed by atoms with van der Waals surface area (Å²) in [5.41, 5.74) is 0.523. The van der Waals surface area contributed by atoms with E-state index in [4.69, 9.17) is 0 Å². The highest BCUT2D eigenvalue weighted by Crippen LogP contribution is 2.23. The summed E-state index contributed by atoms with van der Waals surface area (Å²) in [5, 5.41) is 11.8. The van der Waals surface area contributed by atoms with Crippen LogP contribution in [0.3, 0.4) is 0 Å². The first-order valence-electron chi connectivity index (χ1n) is 8.21. The Kier molecular flexibility index (Phi) is 5.02. The highest BCUT2D eigenvalue weighted by molar-refractivity contribution is 5.91. The summed E-state index contributed by atoms with van der Waals surface area (Å²) in [7, 11) is 3.32. The number of aromatic nitrogens is 2. The molecule has 2 aromatic heterocycles. The van der Waals surface area contributed by atoms with Gasteiger partial charge in [-0.05, 0) is 30.3 Å². The van der Waals surface area contributed by atoms with E-state index >= 15 is 0 Å². The summed E-state index contributed by atoms with van der Waals surface area (Å²) < 4.78 is 14.7. The lowest BCUT2D eigenvalue weighted by Gasteiger charge is -2.23. The van der Waals surface area contributed by atoms with Crippen LogP contribution in [-0.4, -0.2) is 52.6 Å². The summed E-state index contributed by atoms with van der Waals surface area (Å²) in [4.78, 5) is 30.5. The molecule has 0 saturated heterocycles. The highest BCUT2D eigenvalue weighted by atomic mass is 19.1. The van der Waals surface area contributed by atoms with Crippen LogP contribution < -0.4 is 4.90 Å². The van der Waals surface area contributed by atoms with Crippen molar-refractivity contribution in [1.82, 2.24) is 14.5 Å². The van der Waals surface area contributed by atoms with Crippen molar-refractivity contribution in [3.63, 3.8) is 0 Å². The summed E-state index contributed by atoms with van der Waals surface area (Å²) in [5.74, 6) is -0.120. The molecular formula is C18H18FN5O3. The minimum atomic E-state index is -0.487. The van der Waals surface area contributed by atoms with Crippen molar-refractivity contribution in [3.05, 3.63) is 64.7 Å². The molecule has 0 bridgehead atoms. The van der Waals surface area contributed by atoms with Crippen molar-refractivity contribution in [2.75, 3.05) is 32.1 Å². The minimum absolute atomic E-state index is 0.0904. The summed E-state index contributed by atoms with van der Waals surface area (Å²) in [6.07, 6.45) is 3.08. The number of carbonyl (C=O) groups is 1. The van der Waals surface area contributed by atoms with Gasteiger partial charge in [0.15, 0.2) is 0 Å². The molecule has 0 saturated carbocycles. The van der Waals surface area contributed by atoms with Gasteiger partial charge in [0.05, 0.1) is 10.4 Å². The predicted octanol–water partition coefficient (Wildman–Crippen LogP) is 3.12. The van der Waals surface area contributed by atoms with Gasteiger partial charge in [-0.15, -0.1) is 0 Å². The van der Waals surface area contributed by atoms with Gasteiger partial charge in [-0.25, -0.2) is 14.2 Å². The fourth-order valence-electron chi connectivity index (χ4n) is 2.79. The topological polar surface area (TPSA) is 84.5 Å². The number of fused-ring (bicyclic) bond motifs is 1. The van der Waals surface area contributed by atoms with Gasteiger partial charge in [-0.1, -0.05) is 0 Å². The molecule has 0 radical (unpaired) electrons. The number of hydrogen-bond donors (Lipinski definition) is 0. The average Bonchev–Trinajstić information content (AvgIpc) is 3.07. The molecular weight excluding hydrogens is 353 g/mol. The SMILES string of the molecule is CN(CCN(C)c1ncccc1[N+](=O)[O-])C(=O)n1ccc2cc(F)ccc21. The third-order valence-electron chi connectivity index (χ3n) is 4.28. The maximum atomic E-state index is 13.3. The molecule has 0 aliphatic rings. The van der Waals surface area contributed by atoms with Gasteiger partial charge in [-0.3, -0.25) is 14.7 Å². The molecule has 1 amide bonds. The molecule has 0 unspecified atom stereocenters. The molecule has 140 valence electrons. The van der Waals surface area contributed by atoms with E-state index in [0.717, 1.165) is 0 Å². The van der Waals surface area contributed by atoms with E-state index in [-0.39, 0.29) is 23.4 Å². The Bertz CT molecular complexity index is 1000. The number of carbonyl (C=O) groups excluding carboxylic acids is 1. The first kappa shape index (κ1) is 18.3. The third-order valence-corrected chi connectivity index (χ3v) is 4.28. The largest absolute Gasteiger partial charge is 0.352 e. The van der Waals surface area contributed by atoms with Crippen molar-refractivity contribution in [2.45, 2.75) is 0 Å². The molecule has 2 heterocycles. The van der Waals surface area contributed by atoms with Crippen LogP contribution in [0.5, 0.6) is 0 Å². The van der Waals surface area contributed by atoms with E-state index in [1.807, 2.05) is 0 Å². The normalized spacial score (nSPS) is 10.8. The van der Waals surface area contributed by atoms with E-state index < -0.39 is 4.92 Å². The van der Waals surface area contributed by atoms with Gasteiger partial charge < -0.3 is 9.80 Å². The van der Waals surface area contributed by atoms with E-state index in [1.165, 1.54) is 39.9 Å². The summed E-state index contributed by atoms with van der Waals surface area (Å²) >= 11 is 0. The van der Waals surface area contributed by atoms with Crippen LogP contribution >= 0.6 is 0 Å². The van der Waals surface area contributed by atoms with Crippen LogP contribution in [-0.2, 0) is 0 Å². The summed E-state index contributed by atoms with van der Waals surface area (Å²) in [6, 6.07) is 8.52. The zero-order valence-electron chi connectivity index (χ0n) is 14.9. The smallest absolute Gasteiger partial charge is 0.328 e. The third kappa shape index (κ3) is 3.71. The number of nitrogens with zero attached hydrogens (tertiary/aromatic N) is 5. The summed E-state index contributed by atoms with van der Waals surface area (Å²) in [6.45, 7) is 0.678. The molecule has 1 aromatic carbocycles. The fraction of sp³-hybridized carbons (Fsp3) is 0.222. The molecule has 0 aliphatic carbocycles. The minimum Gasteiger partial charge on any atom is -0.352 e.